The first-order valence-electron chi connectivity index (χ1n) is 10.8. The van der Waals surface area contributed by atoms with Crippen LogP contribution >= 0.6 is 39.3 Å². The topological polar surface area (TPSA) is 88.4 Å². The number of hydrogen-bond donors (Lipinski definition) is 2. The summed E-state index contributed by atoms with van der Waals surface area (Å²) in [6.45, 7) is 0.815. The summed E-state index contributed by atoms with van der Waals surface area (Å²) in [5.41, 5.74) is 4.21. The van der Waals surface area contributed by atoms with Crippen LogP contribution in [0.2, 0.25) is 5.02 Å². The highest BCUT2D eigenvalue weighted by Crippen LogP contribution is 2.31. The molecule has 0 bridgehead atoms. The minimum absolute atomic E-state index is 0.264. The third kappa shape index (κ3) is 5.41. The highest BCUT2D eigenvalue weighted by molar-refractivity contribution is 9.10. The van der Waals surface area contributed by atoms with Crippen molar-refractivity contribution in [2.75, 3.05) is 5.32 Å². The summed E-state index contributed by atoms with van der Waals surface area (Å²) in [6, 6.07) is 17.3. The van der Waals surface area contributed by atoms with Crippen molar-refractivity contribution < 1.29 is 8.42 Å². The molecular formula is C24H21BrClN5O2S2. The predicted octanol–water partition coefficient (Wildman–Crippen LogP) is 5.82. The van der Waals surface area contributed by atoms with Gasteiger partial charge in [-0.3, -0.25) is 0 Å². The van der Waals surface area contributed by atoms with Crippen molar-refractivity contribution in [2.45, 2.75) is 24.1 Å². The highest BCUT2D eigenvalue weighted by atomic mass is 79.9. The van der Waals surface area contributed by atoms with E-state index in [4.69, 9.17) is 16.6 Å². The van der Waals surface area contributed by atoms with Gasteiger partial charge in [-0.05, 0) is 45.0 Å². The van der Waals surface area contributed by atoms with Gasteiger partial charge in [-0.25, -0.2) is 18.1 Å². The van der Waals surface area contributed by atoms with E-state index in [0.29, 0.717) is 23.6 Å². The zero-order valence-corrected chi connectivity index (χ0v) is 22.3. The third-order valence-electron chi connectivity index (χ3n) is 5.55. The minimum atomic E-state index is -3.35. The van der Waals surface area contributed by atoms with E-state index in [1.54, 1.807) is 10.7 Å². The SMILES string of the molecule is O=S(=O)(NCc1ccc(CNc2cc(-c3ccccc3Cl)nc3c(Br)cnn23)cc1)C1CC=CS1. The van der Waals surface area contributed by atoms with E-state index in [2.05, 4.69) is 31.1 Å². The Hall–Kier alpha value is -2.37. The molecule has 1 aliphatic rings. The van der Waals surface area contributed by atoms with Gasteiger partial charge in [0, 0.05) is 29.7 Å². The molecule has 0 saturated carbocycles. The molecule has 180 valence electrons. The monoisotopic (exact) mass is 589 g/mol. The quantitative estimate of drug-likeness (QED) is 0.269. The van der Waals surface area contributed by atoms with Crippen LogP contribution in [0.4, 0.5) is 5.82 Å². The summed E-state index contributed by atoms with van der Waals surface area (Å²) in [4.78, 5) is 4.73. The molecule has 11 heteroatoms. The number of halogens is 2. The highest BCUT2D eigenvalue weighted by Gasteiger charge is 2.26. The fourth-order valence-electron chi connectivity index (χ4n) is 3.68. The van der Waals surface area contributed by atoms with Crippen molar-refractivity contribution in [2.24, 2.45) is 0 Å². The Labute approximate surface area is 221 Å². The summed E-state index contributed by atoms with van der Waals surface area (Å²) in [5.74, 6) is 0.773. The smallest absolute Gasteiger partial charge is 0.224 e. The Morgan fingerprint density at radius 1 is 1.11 bits per heavy atom. The Kier molecular flexibility index (Phi) is 7.17. The van der Waals surface area contributed by atoms with Gasteiger partial charge in [0.1, 0.15) is 10.4 Å². The van der Waals surface area contributed by atoms with Crippen molar-refractivity contribution in [1.29, 1.82) is 0 Å². The normalized spacial score (nSPS) is 15.7. The molecule has 3 heterocycles. The molecule has 4 aromatic rings. The second-order valence-electron chi connectivity index (χ2n) is 7.94. The Balaban J connectivity index is 1.30. The van der Waals surface area contributed by atoms with E-state index in [9.17, 15) is 8.42 Å². The van der Waals surface area contributed by atoms with Crippen molar-refractivity contribution >= 4 is 60.8 Å². The number of allylic oxidation sites excluding steroid dienone is 1. The number of hydrogen-bond acceptors (Lipinski definition) is 6. The number of fused-ring (bicyclic) bond motifs is 1. The summed E-state index contributed by atoms with van der Waals surface area (Å²) in [6.07, 6.45) is 4.13. The summed E-state index contributed by atoms with van der Waals surface area (Å²) < 4.78 is 29.6. The Morgan fingerprint density at radius 3 is 2.57 bits per heavy atom. The fraction of sp³-hybridized carbons (Fsp3) is 0.167. The van der Waals surface area contributed by atoms with Crippen LogP contribution in [0.1, 0.15) is 17.5 Å². The largest absolute Gasteiger partial charge is 0.366 e. The second kappa shape index (κ2) is 10.3. The number of anilines is 1. The standard InChI is InChI=1S/C24H21BrClN5O2S2/c25-19-15-28-31-22(12-21(30-24(19)31)18-4-1-2-5-20(18)26)27-13-16-7-9-17(10-8-16)14-29-35(32,33)23-6-3-11-34-23/h1-5,7-12,15,23,27,29H,6,13-14H2. The molecule has 2 aromatic carbocycles. The molecule has 7 nitrogen and oxygen atoms in total. The lowest BCUT2D eigenvalue weighted by atomic mass is 10.1. The number of benzene rings is 2. The summed E-state index contributed by atoms with van der Waals surface area (Å²) >= 11 is 11.3. The van der Waals surface area contributed by atoms with Gasteiger partial charge in [0.25, 0.3) is 0 Å². The zero-order valence-electron chi connectivity index (χ0n) is 18.4. The van der Waals surface area contributed by atoms with Crippen molar-refractivity contribution in [1.82, 2.24) is 19.3 Å². The molecule has 5 rings (SSSR count). The number of thioether (sulfide) groups is 1. The van der Waals surface area contributed by atoms with Crippen LogP contribution in [0.25, 0.3) is 16.9 Å². The molecule has 0 amide bonds. The van der Waals surface area contributed by atoms with E-state index < -0.39 is 14.6 Å². The summed E-state index contributed by atoms with van der Waals surface area (Å²) in [5, 5.41) is 10.3. The lowest BCUT2D eigenvalue weighted by molar-refractivity contribution is 0.578. The van der Waals surface area contributed by atoms with Crippen molar-refractivity contribution in [3.8, 4) is 11.3 Å². The third-order valence-corrected chi connectivity index (χ3v) is 9.81. The number of aromatic nitrogens is 3. The van der Waals surface area contributed by atoms with Gasteiger partial charge in [0.15, 0.2) is 5.65 Å². The predicted molar refractivity (Wildman–Crippen MR) is 146 cm³/mol. The molecule has 0 spiro atoms. The number of sulfonamides is 1. The number of nitrogens with zero attached hydrogens (tertiary/aromatic N) is 3. The lowest BCUT2D eigenvalue weighted by Gasteiger charge is -2.13. The second-order valence-corrected chi connectivity index (χ2v) is 12.6. The van der Waals surface area contributed by atoms with E-state index >= 15 is 0 Å². The zero-order chi connectivity index (χ0) is 24.4. The molecular weight excluding hydrogens is 570 g/mol. The first-order valence-corrected chi connectivity index (χ1v) is 14.5. The molecule has 0 saturated heterocycles. The van der Waals surface area contributed by atoms with Crippen molar-refractivity contribution in [3.63, 3.8) is 0 Å². The maximum absolute atomic E-state index is 12.4. The molecule has 35 heavy (non-hydrogen) atoms. The van der Waals surface area contributed by atoms with Crippen LogP contribution < -0.4 is 10.0 Å². The van der Waals surface area contributed by atoms with Gasteiger partial charge in [-0.1, -0.05) is 60.1 Å². The maximum atomic E-state index is 12.4. The van der Waals surface area contributed by atoms with Gasteiger partial charge in [-0.2, -0.15) is 9.61 Å². The minimum Gasteiger partial charge on any atom is -0.366 e. The molecule has 0 fully saturated rings. The van der Waals surface area contributed by atoms with E-state index in [1.807, 2.05) is 66.1 Å². The van der Waals surface area contributed by atoms with Gasteiger partial charge >= 0.3 is 0 Å². The molecule has 0 radical (unpaired) electrons. The van der Waals surface area contributed by atoms with E-state index in [-0.39, 0.29) is 6.54 Å². The van der Waals surface area contributed by atoms with E-state index in [1.165, 1.54) is 11.8 Å². The van der Waals surface area contributed by atoms with Gasteiger partial charge < -0.3 is 5.32 Å². The first kappa shape index (κ1) is 24.3. The van der Waals surface area contributed by atoms with Crippen molar-refractivity contribution in [3.05, 3.63) is 92.9 Å². The van der Waals surface area contributed by atoms with Crippen LogP contribution in [-0.2, 0) is 23.1 Å². The average molecular weight is 591 g/mol. The van der Waals surface area contributed by atoms with Crippen LogP contribution in [-0.4, -0.2) is 27.6 Å². The maximum Gasteiger partial charge on any atom is 0.224 e. The lowest BCUT2D eigenvalue weighted by Crippen LogP contribution is -2.30. The number of rotatable bonds is 8. The van der Waals surface area contributed by atoms with Gasteiger partial charge in [0.2, 0.25) is 10.0 Å². The summed E-state index contributed by atoms with van der Waals surface area (Å²) in [7, 11) is -3.35. The first-order chi connectivity index (χ1) is 16.9. The molecule has 1 aliphatic heterocycles. The van der Waals surface area contributed by atoms with Crippen LogP contribution in [0.15, 0.2) is 76.8 Å². The van der Waals surface area contributed by atoms with E-state index in [0.717, 1.165) is 32.7 Å². The average Bonchev–Trinajstić information content (AvgIpc) is 3.54. The Bertz CT molecular complexity index is 1500. The molecule has 2 aromatic heterocycles. The molecule has 1 atom stereocenters. The van der Waals surface area contributed by atoms with Crippen LogP contribution in [0.5, 0.6) is 0 Å². The molecule has 2 N–H and O–H groups in total. The van der Waals surface area contributed by atoms with Gasteiger partial charge in [-0.15, -0.1) is 11.8 Å². The van der Waals surface area contributed by atoms with Crippen LogP contribution in [0, 0.1) is 0 Å². The van der Waals surface area contributed by atoms with Gasteiger partial charge in [0.05, 0.1) is 16.4 Å². The molecule has 1 unspecified atom stereocenters. The Morgan fingerprint density at radius 2 is 1.86 bits per heavy atom. The fourth-order valence-corrected chi connectivity index (χ4v) is 6.78. The number of nitrogens with one attached hydrogen (secondary N) is 2. The van der Waals surface area contributed by atoms with Crippen LogP contribution in [0.3, 0.4) is 0 Å². The molecule has 0 aliphatic carbocycles.